The number of aromatic nitrogens is 2. The standard InChI is InChI=1S/C14H18N4/c1-18-9-8-13(17-18)14(16-15)12-7-6-10-4-2-3-5-11(10)12/h2-5,8-9,12,14,16H,6-7,15H2,1H3. The van der Waals surface area contributed by atoms with Gasteiger partial charge in [0.05, 0.1) is 11.7 Å². The van der Waals surface area contributed by atoms with Crippen molar-refractivity contribution in [2.45, 2.75) is 24.8 Å². The number of nitrogens with zero attached hydrogens (tertiary/aromatic N) is 2. The zero-order valence-electron chi connectivity index (χ0n) is 10.5. The van der Waals surface area contributed by atoms with Crippen molar-refractivity contribution in [2.75, 3.05) is 0 Å². The molecule has 1 aliphatic carbocycles. The van der Waals surface area contributed by atoms with Crippen LogP contribution in [-0.2, 0) is 13.5 Å². The van der Waals surface area contributed by atoms with Crippen molar-refractivity contribution < 1.29 is 0 Å². The van der Waals surface area contributed by atoms with Gasteiger partial charge in [0.1, 0.15) is 0 Å². The molecular formula is C14H18N4. The van der Waals surface area contributed by atoms with E-state index in [9.17, 15) is 0 Å². The van der Waals surface area contributed by atoms with Crippen molar-refractivity contribution in [1.82, 2.24) is 15.2 Å². The van der Waals surface area contributed by atoms with E-state index in [1.807, 2.05) is 24.0 Å². The topological polar surface area (TPSA) is 55.9 Å². The van der Waals surface area contributed by atoms with Crippen molar-refractivity contribution in [3.05, 3.63) is 53.3 Å². The Balaban J connectivity index is 1.95. The SMILES string of the molecule is Cn1ccc(C(NN)C2CCc3ccccc32)n1. The second-order valence-electron chi connectivity index (χ2n) is 4.90. The summed E-state index contributed by atoms with van der Waals surface area (Å²) in [7, 11) is 1.93. The molecular weight excluding hydrogens is 224 g/mol. The predicted octanol–water partition coefficient (Wildman–Crippen LogP) is 1.65. The Morgan fingerprint density at radius 1 is 1.39 bits per heavy atom. The van der Waals surface area contributed by atoms with E-state index >= 15 is 0 Å². The summed E-state index contributed by atoms with van der Waals surface area (Å²) in [5.74, 6) is 6.17. The van der Waals surface area contributed by atoms with Gasteiger partial charge in [-0.25, -0.2) is 0 Å². The Kier molecular flexibility index (Phi) is 2.89. The highest BCUT2D eigenvalue weighted by Crippen LogP contribution is 2.40. The Labute approximate surface area is 107 Å². The number of rotatable bonds is 3. The molecule has 0 spiro atoms. The molecule has 4 nitrogen and oxygen atoms in total. The number of hydrogen-bond donors (Lipinski definition) is 2. The van der Waals surface area contributed by atoms with E-state index in [1.165, 1.54) is 11.1 Å². The van der Waals surface area contributed by atoms with E-state index in [4.69, 9.17) is 5.84 Å². The zero-order valence-corrected chi connectivity index (χ0v) is 10.5. The number of hydrazine groups is 1. The smallest absolute Gasteiger partial charge is 0.0813 e. The molecule has 2 aromatic rings. The second-order valence-corrected chi connectivity index (χ2v) is 4.90. The fraction of sp³-hybridized carbons (Fsp3) is 0.357. The van der Waals surface area contributed by atoms with Gasteiger partial charge in [-0.15, -0.1) is 0 Å². The van der Waals surface area contributed by atoms with Gasteiger partial charge in [0.25, 0.3) is 0 Å². The predicted molar refractivity (Wildman–Crippen MR) is 70.8 cm³/mol. The summed E-state index contributed by atoms with van der Waals surface area (Å²) in [5, 5.41) is 4.47. The van der Waals surface area contributed by atoms with Gasteiger partial charge in [-0.05, 0) is 30.0 Å². The van der Waals surface area contributed by atoms with E-state index in [0.717, 1.165) is 18.5 Å². The minimum Gasteiger partial charge on any atom is -0.275 e. The van der Waals surface area contributed by atoms with Crippen LogP contribution in [0, 0.1) is 0 Å². The first kappa shape index (κ1) is 11.4. The normalized spacial score (nSPS) is 19.8. The Morgan fingerprint density at radius 2 is 2.22 bits per heavy atom. The van der Waals surface area contributed by atoms with E-state index in [-0.39, 0.29) is 6.04 Å². The molecule has 0 aliphatic heterocycles. The minimum absolute atomic E-state index is 0.0925. The van der Waals surface area contributed by atoms with Crippen LogP contribution in [0.5, 0.6) is 0 Å². The molecule has 0 saturated carbocycles. The molecule has 1 heterocycles. The van der Waals surface area contributed by atoms with Gasteiger partial charge in [-0.1, -0.05) is 24.3 Å². The molecule has 3 N–H and O–H groups in total. The van der Waals surface area contributed by atoms with Crippen molar-refractivity contribution >= 4 is 0 Å². The monoisotopic (exact) mass is 242 g/mol. The van der Waals surface area contributed by atoms with Gasteiger partial charge in [0.2, 0.25) is 0 Å². The molecule has 1 aromatic carbocycles. The molecule has 2 unspecified atom stereocenters. The van der Waals surface area contributed by atoms with Gasteiger partial charge in [0.15, 0.2) is 0 Å². The summed E-state index contributed by atoms with van der Waals surface area (Å²) >= 11 is 0. The summed E-state index contributed by atoms with van der Waals surface area (Å²) < 4.78 is 1.82. The second kappa shape index (κ2) is 4.55. The molecule has 2 atom stereocenters. The van der Waals surface area contributed by atoms with E-state index < -0.39 is 0 Å². The fourth-order valence-corrected chi connectivity index (χ4v) is 2.94. The van der Waals surface area contributed by atoms with Gasteiger partial charge < -0.3 is 0 Å². The third-order valence-corrected chi connectivity index (χ3v) is 3.81. The van der Waals surface area contributed by atoms with Crippen LogP contribution in [0.4, 0.5) is 0 Å². The number of aryl methyl sites for hydroxylation is 2. The lowest BCUT2D eigenvalue weighted by Crippen LogP contribution is -2.32. The number of hydrogen-bond acceptors (Lipinski definition) is 3. The van der Waals surface area contributed by atoms with Crippen LogP contribution in [0.15, 0.2) is 36.5 Å². The first-order valence-electron chi connectivity index (χ1n) is 6.33. The maximum atomic E-state index is 5.75. The van der Waals surface area contributed by atoms with E-state index in [1.54, 1.807) is 0 Å². The molecule has 0 saturated heterocycles. The molecule has 1 aromatic heterocycles. The van der Waals surface area contributed by atoms with Crippen LogP contribution in [0.2, 0.25) is 0 Å². The molecule has 18 heavy (non-hydrogen) atoms. The molecule has 0 amide bonds. The minimum atomic E-state index is 0.0925. The fourth-order valence-electron chi connectivity index (χ4n) is 2.94. The van der Waals surface area contributed by atoms with Gasteiger partial charge in [-0.2, -0.15) is 5.10 Å². The lowest BCUT2D eigenvalue weighted by molar-refractivity contribution is 0.439. The molecule has 4 heteroatoms. The van der Waals surface area contributed by atoms with E-state index in [2.05, 4.69) is 34.8 Å². The first-order valence-corrected chi connectivity index (χ1v) is 6.33. The number of benzene rings is 1. The Morgan fingerprint density at radius 3 is 2.94 bits per heavy atom. The summed E-state index contributed by atoms with van der Waals surface area (Å²) in [4.78, 5) is 0. The molecule has 1 aliphatic rings. The lowest BCUT2D eigenvalue weighted by atomic mass is 9.91. The molecule has 3 rings (SSSR count). The number of nitrogens with two attached hydrogens (primary N) is 1. The molecule has 0 radical (unpaired) electrons. The van der Waals surface area contributed by atoms with Gasteiger partial charge >= 0.3 is 0 Å². The average molecular weight is 242 g/mol. The highest BCUT2D eigenvalue weighted by Gasteiger charge is 2.31. The van der Waals surface area contributed by atoms with Crippen LogP contribution in [0.25, 0.3) is 0 Å². The highest BCUT2D eigenvalue weighted by atomic mass is 15.3. The molecule has 94 valence electrons. The van der Waals surface area contributed by atoms with Crippen molar-refractivity contribution in [3.63, 3.8) is 0 Å². The van der Waals surface area contributed by atoms with Crippen molar-refractivity contribution in [3.8, 4) is 0 Å². The highest BCUT2D eigenvalue weighted by molar-refractivity contribution is 5.37. The lowest BCUT2D eigenvalue weighted by Gasteiger charge is -2.22. The first-order chi connectivity index (χ1) is 8.79. The summed E-state index contributed by atoms with van der Waals surface area (Å²) in [5.41, 5.74) is 6.81. The molecule has 0 bridgehead atoms. The average Bonchev–Trinajstić information content (AvgIpc) is 2.98. The van der Waals surface area contributed by atoms with Crippen LogP contribution in [0.1, 0.15) is 35.2 Å². The van der Waals surface area contributed by atoms with Crippen LogP contribution in [0.3, 0.4) is 0 Å². The zero-order chi connectivity index (χ0) is 12.5. The van der Waals surface area contributed by atoms with Crippen molar-refractivity contribution in [2.24, 2.45) is 12.9 Å². The number of fused-ring (bicyclic) bond motifs is 1. The summed E-state index contributed by atoms with van der Waals surface area (Å²) in [6.45, 7) is 0. The molecule has 0 fully saturated rings. The maximum Gasteiger partial charge on any atom is 0.0813 e. The quantitative estimate of drug-likeness (QED) is 0.635. The van der Waals surface area contributed by atoms with Crippen LogP contribution in [-0.4, -0.2) is 9.78 Å². The van der Waals surface area contributed by atoms with Crippen LogP contribution < -0.4 is 11.3 Å². The largest absolute Gasteiger partial charge is 0.275 e. The summed E-state index contributed by atoms with van der Waals surface area (Å²) in [6, 6.07) is 10.7. The number of nitrogens with one attached hydrogen (secondary N) is 1. The van der Waals surface area contributed by atoms with Crippen LogP contribution >= 0.6 is 0 Å². The Bertz CT molecular complexity index is 546. The van der Waals surface area contributed by atoms with E-state index in [0.29, 0.717) is 5.92 Å². The third-order valence-electron chi connectivity index (χ3n) is 3.81. The summed E-state index contributed by atoms with van der Waals surface area (Å²) in [6.07, 6.45) is 4.22. The van der Waals surface area contributed by atoms with Gasteiger partial charge in [-0.3, -0.25) is 16.0 Å². The third kappa shape index (κ3) is 1.83. The maximum absolute atomic E-state index is 5.75. The Hall–Kier alpha value is -1.65. The van der Waals surface area contributed by atoms with Gasteiger partial charge in [0, 0.05) is 19.2 Å². The van der Waals surface area contributed by atoms with Crippen molar-refractivity contribution in [1.29, 1.82) is 0 Å².